The van der Waals surface area contributed by atoms with Crippen molar-refractivity contribution in [1.82, 2.24) is 0 Å². The molecule has 1 atom stereocenters. The van der Waals surface area contributed by atoms with E-state index in [1.165, 1.54) is 6.08 Å². The van der Waals surface area contributed by atoms with Crippen LogP contribution in [0.1, 0.15) is 31.9 Å². The molecule has 154 valence electrons. The van der Waals surface area contributed by atoms with Crippen LogP contribution in [0.4, 0.5) is 0 Å². The summed E-state index contributed by atoms with van der Waals surface area (Å²) in [5, 5.41) is 10.5. The van der Waals surface area contributed by atoms with Gasteiger partial charge in [0.15, 0.2) is 29.5 Å². The molecule has 28 heavy (non-hydrogen) atoms. The molecule has 7 nitrogen and oxygen atoms in total. The number of aliphatic hydroxyl groups is 1. The van der Waals surface area contributed by atoms with Gasteiger partial charge in [-0.3, -0.25) is 4.79 Å². The quantitative estimate of drug-likeness (QED) is 0.703. The average Bonchev–Trinajstić information content (AvgIpc) is 2.59. The number of hydrogen-bond donors (Lipinski definition) is 1. The first-order chi connectivity index (χ1) is 12.8. The van der Waals surface area contributed by atoms with E-state index in [0.717, 1.165) is 18.6 Å². The summed E-state index contributed by atoms with van der Waals surface area (Å²) in [6.45, 7) is 3.43. The maximum Gasteiger partial charge on any atom is 0.199 e. The van der Waals surface area contributed by atoms with Crippen LogP contribution in [0.25, 0.3) is 0 Å². The SMILES string of the molecule is CC(C)OC1=CCC(S(C)(=O)=O)(S(C)(=O)=O)C=C1C(=O)C(O)c1ccccc1. The van der Waals surface area contributed by atoms with Crippen LogP contribution < -0.4 is 0 Å². The Morgan fingerprint density at radius 2 is 1.61 bits per heavy atom. The highest BCUT2D eigenvalue weighted by atomic mass is 32.3. The normalized spacial score (nSPS) is 18.2. The molecule has 9 heteroatoms. The van der Waals surface area contributed by atoms with Gasteiger partial charge >= 0.3 is 0 Å². The molecular formula is C19H24O7S2. The second-order valence-corrected chi connectivity index (χ2v) is 11.8. The molecule has 1 aliphatic carbocycles. The summed E-state index contributed by atoms with van der Waals surface area (Å²) in [6.07, 6.45) is 1.48. The van der Waals surface area contributed by atoms with Crippen molar-refractivity contribution in [3.63, 3.8) is 0 Å². The van der Waals surface area contributed by atoms with E-state index in [0.29, 0.717) is 5.56 Å². The van der Waals surface area contributed by atoms with Crippen molar-refractivity contribution < 1.29 is 31.5 Å². The number of ether oxygens (including phenoxy) is 1. The maximum atomic E-state index is 13.0. The van der Waals surface area contributed by atoms with E-state index >= 15 is 0 Å². The molecule has 0 saturated heterocycles. The van der Waals surface area contributed by atoms with Gasteiger partial charge < -0.3 is 9.84 Å². The molecule has 1 aromatic carbocycles. The van der Waals surface area contributed by atoms with Gasteiger partial charge in [0.2, 0.25) is 0 Å². The van der Waals surface area contributed by atoms with Gasteiger partial charge in [0.1, 0.15) is 11.9 Å². The topological polar surface area (TPSA) is 115 Å². The molecule has 1 aliphatic rings. The Balaban J connectivity index is 2.66. The Bertz CT molecular complexity index is 985. The van der Waals surface area contributed by atoms with Crippen molar-refractivity contribution in [2.75, 3.05) is 12.5 Å². The molecule has 0 aromatic heterocycles. The second-order valence-electron chi connectivity index (χ2n) is 7.03. The lowest BCUT2D eigenvalue weighted by molar-refractivity contribution is -0.123. The number of carbonyl (C=O) groups is 1. The minimum atomic E-state index is -4.15. The molecule has 1 N–H and O–H groups in total. The Labute approximate surface area is 165 Å². The van der Waals surface area contributed by atoms with Gasteiger partial charge in [-0.1, -0.05) is 30.3 Å². The molecule has 0 amide bonds. The number of carbonyl (C=O) groups excluding carboxylic acids is 1. The van der Waals surface area contributed by atoms with Gasteiger partial charge in [-0.05, 0) is 31.6 Å². The standard InChI is InChI=1S/C19H24O7S2/c1-13(2)26-16-10-11-19(27(3,22)23,28(4,24)25)12-15(16)18(21)17(20)14-8-6-5-7-9-14/h5-10,12-13,17,20H,11H2,1-4H3. The van der Waals surface area contributed by atoms with Gasteiger partial charge in [-0.15, -0.1) is 0 Å². The largest absolute Gasteiger partial charge is 0.491 e. The predicted octanol–water partition coefficient (Wildman–Crippen LogP) is 1.71. The van der Waals surface area contributed by atoms with Crippen molar-refractivity contribution in [3.8, 4) is 0 Å². The number of Topliss-reactive ketones (excluding diaryl/α,β-unsaturated/α-hetero) is 1. The number of aliphatic hydroxyl groups excluding tert-OH is 1. The number of ketones is 1. The fourth-order valence-electron chi connectivity index (χ4n) is 2.98. The average molecular weight is 429 g/mol. The third-order valence-corrected chi connectivity index (χ3v) is 9.34. The molecule has 0 fully saturated rings. The molecule has 1 aromatic rings. The Morgan fingerprint density at radius 1 is 1.07 bits per heavy atom. The fourth-order valence-corrected chi connectivity index (χ4v) is 6.61. The van der Waals surface area contributed by atoms with Crippen molar-refractivity contribution in [3.05, 3.63) is 59.4 Å². The maximum absolute atomic E-state index is 13.0. The lowest BCUT2D eigenvalue weighted by Crippen LogP contribution is -2.45. The summed E-state index contributed by atoms with van der Waals surface area (Å²) in [4.78, 5) is 13.0. The lowest BCUT2D eigenvalue weighted by atomic mass is 9.94. The highest BCUT2D eigenvalue weighted by Crippen LogP contribution is 2.39. The third-order valence-electron chi connectivity index (χ3n) is 4.45. The number of allylic oxidation sites excluding steroid dienone is 2. The zero-order chi connectivity index (χ0) is 21.3. The first-order valence-corrected chi connectivity index (χ1v) is 12.3. The summed E-state index contributed by atoms with van der Waals surface area (Å²) in [7, 11) is -8.30. The van der Waals surface area contributed by atoms with Crippen molar-refractivity contribution in [2.45, 2.75) is 36.6 Å². The van der Waals surface area contributed by atoms with Crippen LogP contribution in [0.2, 0.25) is 0 Å². The predicted molar refractivity (Wildman–Crippen MR) is 106 cm³/mol. The molecule has 0 aliphatic heterocycles. The Kier molecular flexibility index (Phi) is 6.22. The molecule has 0 bridgehead atoms. The summed E-state index contributed by atoms with van der Waals surface area (Å²) in [5.74, 6) is -0.785. The number of benzene rings is 1. The summed E-state index contributed by atoms with van der Waals surface area (Å²) >= 11 is 0. The highest BCUT2D eigenvalue weighted by molar-refractivity contribution is 8.10. The van der Waals surface area contributed by atoms with Crippen LogP contribution in [0.15, 0.2) is 53.8 Å². The summed E-state index contributed by atoms with van der Waals surface area (Å²) in [6, 6.07) is 8.07. The molecule has 0 spiro atoms. The molecule has 1 unspecified atom stereocenters. The molecule has 2 rings (SSSR count). The van der Waals surface area contributed by atoms with Gasteiger partial charge in [0.05, 0.1) is 11.7 Å². The molecule has 0 saturated carbocycles. The van der Waals surface area contributed by atoms with Crippen molar-refractivity contribution in [1.29, 1.82) is 0 Å². The van der Waals surface area contributed by atoms with Gasteiger partial charge in [-0.2, -0.15) is 0 Å². The van der Waals surface area contributed by atoms with E-state index in [1.54, 1.807) is 44.2 Å². The van der Waals surface area contributed by atoms with Crippen LogP contribution >= 0.6 is 0 Å². The van der Waals surface area contributed by atoms with E-state index in [-0.39, 0.29) is 23.9 Å². The zero-order valence-electron chi connectivity index (χ0n) is 16.1. The summed E-state index contributed by atoms with van der Waals surface area (Å²) < 4.78 is 53.0. The van der Waals surface area contributed by atoms with Crippen molar-refractivity contribution >= 4 is 25.5 Å². The molecule has 0 radical (unpaired) electrons. The van der Waals surface area contributed by atoms with Crippen molar-refractivity contribution in [2.24, 2.45) is 0 Å². The van der Waals surface area contributed by atoms with Crippen LogP contribution in [0, 0.1) is 0 Å². The highest BCUT2D eigenvalue weighted by Gasteiger charge is 2.51. The number of hydrogen-bond acceptors (Lipinski definition) is 7. The minimum absolute atomic E-state index is 0.0536. The van der Waals surface area contributed by atoms with Crippen LogP contribution in [-0.2, 0) is 29.2 Å². The smallest absolute Gasteiger partial charge is 0.199 e. The second kappa shape index (κ2) is 7.81. The Morgan fingerprint density at radius 3 is 2.07 bits per heavy atom. The van der Waals surface area contributed by atoms with Gasteiger partial charge in [-0.25, -0.2) is 16.8 Å². The Hall–Kier alpha value is -1.97. The molecule has 0 heterocycles. The van der Waals surface area contributed by atoms with E-state index in [2.05, 4.69) is 0 Å². The third kappa shape index (κ3) is 4.21. The van der Waals surface area contributed by atoms with Gasteiger partial charge in [0, 0.05) is 18.9 Å². The van der Waals surface area contributed by atoms with E-state index in [4.69, 9.17) is 4.74 Å². The van der Waals surface area contributed by atoms with Gasteiger partial charge in [0.25, 0.3) is 0 Å². The number of rotatable bonds is 7. The monoisotopic (exact) mass is 428 g/mol. The van der Waals surface area contributed by atoms with E-state index in [1.807, 2.05) is 0 Å². The minimum Gasteiger partial charge on any atom is -0.491 e. The molecular weight excluding hydrogens is 404 g/mol. The number of sulfone groups is 2. The fraction of sp³-hybridized carbons (Fsp3) is 0.421. The zero-order valence-corrected chi connectivity index (χ0v) is 17.7. The first kappa shape index (κ1) is 22.3. The van der Waals surface area contributed by atoms with E-state index in [9.17, 15) is 26.7 Å². The van der Waals surface area contributed by atoms with Crippen LogP contribution in [0.5, 0.6) is 0 Å². The van der Waals surface area contributed by atoms with Crippen LogP contribution in [-0.4, -0.2) is 50.4 Å². The lowest BCUT2D eigenvalue weighted by Gasteiger charge is -2.31. The first-order valence-electron chi connectivity index (χ1n) is 8.56. The van der Waals surface area contributed by atoms with E-state index < -0.39 is 35.6 Å². The summed E-state index contributed by atoms with van der Waals surface area (Å²) in [5.41, 5.74) is 0.0272. The van der Waals surface area contributed by atoms with Crippen LogP contribution in [0.3, 0.4) is 0 Å².